The molecule has 1 nitrogen and oxygen atoms in total. The lowest BCUT2D eigenvalue weighted by Crippen LogP contribution is -2.02. The lowest BCUT2D eigenvalue weighted by Gasteiger charge is -2.10. The van der Waals surface area contributed by atoms with Crippen LogP contribution >= 0.6 is 0 Å². The average Bonchev–Trinajstić information content (AvgIpc) is 2.16. The highest BCUT2D eigenvalue weighted by atomic mass is 19.3. The second-order valence-electron chi connectivity index (χ2n) is 3.33. The normalized spacial score (nSPS) is 10.5. The number of allylic oxidation sites excluding steroid dienone is 1. The standard InChI is InChI=1S/C12H14F2O/c1-4-9-5-6-10(15-12(13)14)7-11(9)8(2)3/h5-7,12H,2,4H2,1,3H3. The molecule has 0 aliphatic heterocycles. The highest BCUT2D eigenvalue weighted by molar-refractivity contribution is 5.66. The van der Waals surface area contributed by atoms with Crippen LogP contribution in [0.2, 0.25) is 0 Å². The van der Waals surface area contributed by atoms with Crippen molar-refractivity contribution in [2.24, 2.45) is 0 Å². The molecular weight excluding hydrogens is 198 g/mol. The summed E-state index contributed by atoms with van der Waals surface area (Å²) in [5.41, 5.74) is 2.83. The summed E-state index contributed by atoms with van der Waals surface area (Å²) in [6.07, 6.45) is 0.844. The smallest absolute Gasteiger partial charge is 0.387 e. The summed E-state index contributed by atoms with van der Waals surface area (Å²) in [6.45, 7) is 4.89. The quantitative estimate of drug-likeness (QED) is 0.735. The number of ether oxygens (including phenoxy) is 1. The first-order valence-electron chi connectivity index (χ1n) is 4.78. The van der Waals surface area contributed by atoms with Crippen LogP contribution in [0.25, 0.3) is 5.57 Å². The maximum absolute atomic E-state index is 12.0. The van der Waals surface area contributed by atoms with Crippen molar-refractivity contribution in [2.75, 3.05) is 0 Å². The summed E-state index contributed by atoms with van der Waals surface area (Å²) in [5, 5.41) is 0. The van der Waals surface area contributed by atoms with E-state index in [1.165, 1.54) is 0 Å². The molecule has 0 saturated carbocycles. The first kappa shape index (κ1) is 11.7. The van der Waals surface area contributed by atoms with Gasteiger partial charge < -0.3 is 4.74 Å². The molecule has 0 fully saturated rings. The molecule has 1 rings (SSSR count). The van der Waals surface area contributed by atoms with Crippen molar-refractivity contribution in [1.29, 1.82) is 0 Å². The van der Waals surface area contributed by atoms with Gasteiger partial charge >= 0.3 is 6.61 Å². The Morgan fingerprint density at radius 1 is 1.47 bits per heavy atom. The van der Waals surface area contributed by atoms with E-state index in [9.17, 15) is 8.78 Å². The van der Waals surface area contributed by atoms with Crippen molar-refractivity contribution >= 4 is 5.57 Å². The predicted molar refractivity (Wildman–Crippen MR) is 57.2 cm³/mol. The monoisotopic (exact) mass is 212 g/mol. The Hall–Kier alpha value is -1.38. The Balaban J connectivity index is 3.05. The largest absolute Gasteiger partial charge is 0.435 e. The molecule has 15 heavy (non-hydrogen) atoms. The second kappa shape index (κ2) is 4.91. The summed E-state index contributed by atoms with van der Waals surface area (Å²) in [6, 6.07) is 4.95. The van der Waals surface area contributed by atoms with Crippen molar-refractivity contribution in [2.45, 2.75) is 26.9 Å². The molecule has 0 aromatic heterocycles. The van der Waals surface area contributed by atoms with Gasteiger partial charge in [0, 0.05) is 0 Å². The lowest BCUT2D eigenvalue weighted by atomic mass is 10.00. The molecule has 0 radical (unpaired) electrons. The lowest BCUT2D eigenvalue weighted by molar-refractivity contribution is -0.0498. The van der Waals surface area contributed by atoms with Gasteiger partial charge in [-0.3, -0.25) is 0 Å². The minimum atomic E-state index is -2.78. The van der Waals surface area contributed by atoms with Crippen LogP contribution in [0.1, 0.15) is 25.0 Å². The molecular formula is C12H14F2O. The fraction of sp³-hybridized carbons (Fsp3) is 0.333. The van der Waals surface area contributed by atoms with Crippen LogP contribution in [0.4, 0.5) is 8.78 Å². The maximum atomic E-state index is 12.0. The number of rotatable bonds is 4. The Labute approximate surface area is 88.4 Å². The number of benzene rings is 1. The van der Waals surface area contributed by atoms with E-state index >= 15 is 0 Å². The van der Waals surface area contributed by atoms with E-state index in [1.54, 1.807) is 18.2 Å². The molecule has 0 aliphatic carbocycles. The topological polar surface area (TPSA) is 9.23 Å². The van der Waals surface area contributed by atoms with E-state index in [2.05, 4.69) is 11.3 Å². The van der Waals surface area contributed by atoms with Crippen LogP contribution in [-0.4, -0.2) is 6.61 Å². The third kappa shape index (κ3) is 3.05. The van der Waals surface area contributed by atoms with E-state index in [0.717, 1.165) is 23.1 Å². The summed E-state index contributed by atoms with van der Waals surface area (Å²) in [5.74, 6) is 0.181. The maximum Gasteiger partial charge on any atom is 0.387 e. The number of hydrogen-bond acceptors (Lipinski definition) is 1. The van der Waals surface area contributed by atoms with Gasteiger partial charge in [-0.25, -0.2) is 0 Å². The highest BCUT2D eigenvalue weighted by Crippen LogP contribution is 2.24. The van der Waals surface area contributed by atoms with Crippen molar-refractivity contribution in [1.82, 2.24) is 0 Å². The third-order valence-electron chi connectivity index (χ3n) is 2.15. The van der Waals surface area contributed by atoms with E-state index in [1.807, 2.05) is 13.8 Å². The van der Waals surface area contributed by atoms with Crippen LogP contribution in [0.5, 0.6) is 5.75 Å². The number of alkyl halides is 2. The van der Waals surface area contributed by atoms with Gasteiger partial charge in [-0.1, -0.05) is 25.1 Å². The fourth-order valence-electron chi connectivity index (χ4n) is 1.44. The molecule has 0 saturated heterocycles. The predicted octanol–water partition coefficient (Wildman–Crippen LogP) is 3.88. The van der Waals surface area contributed by atoms with Gasteiger partial charge in [-0.15, -0.1) is 0 Å². The Kier molecular flexibility index (Phi) is 3.83. The van der Waals surface area contributed by atoms with Crippen LogP contribution < -0.4 is 4.74 Å². The van der Waals surface area contributed by atoms with Gasteiger partial charge in [-0.2, -0.15) is 8.78 Å². The zero-order valence-corrected chi connectivity index (χ0v) is 8.89. The van der Waals surface area contributed by atoms with E-state index in [-0.39, 0.29) is 5.75 Å². The van der Waals surface area contributed by atoms with Gasteiger partial charge in [0.15, 0.2) is 0 Å². The average molecular weight is 212 g/mol. The van der Waals surface area contributed by atoms with Crippen LogP contribution in [0.15, 0.2) is 24.8 Å². The first-order chi connectivity index (χ1) is 7.04. The van der Waals surface area contributed by atoms with Crippen LogP contribution in [0.3, 0.4) is 0 Å². The summed E-state index contributed by atoms with van der Waals surface area (Å²) in [4.78, 5) is 0. The van der Waals surface area contributed by atoms with Gasteiger partial charge in [0.1, 0.15) is 5.75 Å². The van der Waals surface area contributed by atoms with E-state index < -0.39 is 6.61 Å². The van der Waals surface area contributed by atoms with Gasteiger partial charge in [-0.05, 0) is 36.6 Å². The SMILES string of the molecule is C=C(C)c1cc(OC(F)F)ccc1CC. The Morgan fingerprint density at radius 3 is 2.60 bits per heavy atom. The molecule has 1 aromatic rings. The zero-order chi connectivity index (χ0) is 11.4. The van der Waals surface area contributed by atoms with Crippen LogP contribution in [-0.2, 0) is 6.42 Å². The minimum absolute atomic E-state index is 0.181. The Morgan fingerprint density at radius 2 is 2.13 bits per heavy atom. The second-order valence-corrected chi connectivity index (χ2v) is 3.33. The van der Waals surface area contributed by atoms with Crippen LogP contribution in [0, 0.1) is 0 Å². The van der Waals surface area contributed by atoms with Gasteiger partial charge in [0.2, 0.25) is 0 Å². The molecule has 3 heteroatoms. The molecule has 1 aromatic carbocycles. The summed E-state index contributed by atoms with van der Waals surface area (Å²) in [7, 11) is 0. The number of aryl methyl sites for hydroxylation is 1. The minimum Gasteiger partial charge on any atom is -0.435 e. The molecule has 0 aliphatic rings. The Bertz CT molecular complexity index is 359. The molecule has 0 bridgehead atoms. The van der Waals surface area contributed by atoms with Crippen molar-refractivity contribution in [3.8, 4) is 5.75 Å². The molecule has 0 spiro atoms. The fourth-order valence-corrected chi connectivity index (χ4v) is 1.44. The van der Waals surface area contributed by atoms with Crippen molar-refractivity contribution < 1.29 is 13.5 Å². The van der Waals surface area contributed by atoms with E-state index in [4.69, 9.17) is 0 Å². The first-order valence-corrected chi connectivity index (χ1v) is 4.78. The number of halogens is 2. The molecule has 0 unspecified atom stereocenters. The molecule has 0 amide bonds. The van der Waals surface area contributed by atoms with Crippen molar-refractivity contribution in [3.05, 3.63) is 35.9 Å². The van der Waals surface area contributed by atoms with Crippen molar-refractivity contribution in [3.63, 3.8) is 0 Å². The molecule has 82 valence electrons. The number of hydrogen-bond donors (Lipinski definition) is 0. The molecule has 0 N–H and O–H groups in total. The molecule has 0 atom stereocenters. The zero-order valence-electron chi connectivity index (χ0n) is 8.89. The summed E-state index contributed by atoms with van der Waals surface area (Å²) >= 11 is 0. The van der Waals surface area contributed by atoms with Gasteiger partial charge in [0.05, 0.1) is 0 Å². The van der Waals surface area contributed by atoms with E-state index in [0.29, 0.717) is 0 Å². The highest BCUT2D eigenvalue weighted by Gasteiger charge is 2.07. The third-order valence-corrected chi connectivity index (χ3v) is 2.15. The van der Waals surface area contributed by atoms with Gasteiger partial charge in [0.25, 0.3) is 0 Å². The molecule has 0 heterocycles. The summed E-state index contributed by atoms with van der Waals surface area (Å²) < 4.78 is 28.3.